The molecule has 0 radical (unpaired) electrons. The van der Waals surface area contributed by atoms with Gasteiger partial charge >= 0.3 is 0 Å². The van der Waals surface area contributed by atoms with Crippen LogP contribution >= 0.6 is 0 Å². The Morgan fingerprint density at radius 2 is 1.69 bits per heavy atom. The predicted octanol–water partition coefficient (Wildman–Crippen LogP) is 3.32. The fourth-order valence-electron chi connectivity index (χ4n) is 3.65. The van der Waals surface area contributed by atoms with Gasteiger partial charge in [0.25, 0.3) is 0 Å². The molecule has 1 N–H and O–H groups in total. The number of aromatic nitrogens is 3. The first kappa shape index (κ1) is 24.2. The number of nitrogens with zero attached hydrogens (tertiary/aromatic N) is 4. The Labute approximate surface area is 203 Å². The summed E-state index contributed by atoms with van der Waals surface area (Å²) in [6, 6.07) is 19.8. The minimum absolute atomic E-state index is 0.0484. The predicted molar refractivity (Wildman–Crippen MR) is 133 cm³/mol. The fraction of sp³-hybridized carbons (Fsp3) is 0.200. The molecule has 10 heteroatoms. The first-order valence-electron chi connectivity index (χ1n) is 10.9. The number of amides is 1. The molecule has 0 aliphatic carbocycles. The van der Waals surface area contributed by atoms with Gasteiger partial charge in [-0.05, 0) is 47.5 Å². The summed E-state index contributed by atoms with van der Waals surface area (Å²) in [5.74, 6) is -0.620. The number of nitrogens with one attached hydrogen (secondary N) is 1. The van der Waals surface area contributed by atoms with Crippen molar-refractivity contribution >= 4 is 38.2 Å². The van der Waals surface area contributed by atoms with E-state index in [1.54, 1.807) is 19.1 Å². The Morgan fingerprint density at radius 1 is 0.943 bits per heavy atom. The van der Waals surface area contributed by atoms with Crippen LogP contribution in [0.15, 0.2) is 71.6 Å². The summed E-state index contributed by atoms with van der Waals surface area (Å²) in [6.45, 7) is 1.81. The van der Waals surface area contributed by atoms with E-state index in [1.807, 2.05) is 42.5 Å². The number of aryl methyl sites for hydroxylation is 1. The molecule has 3 aromatic carbocycles. The van der Waals surface area contributed by atoms with E-state index in [2.05, 4.69) is 15.2 Å². The molecular formula is C25H25N5O4S. The van der Waals surface area contributed by atoms with Crippen LogP contribution in [0.4, 0.5) is 5.69 Å². The zero-order valence-electron chi connectivity index (χ0n) is 19.6. The summed E-state index contributed by atoms with van der Waals surface area (Å²) in [5.41, 5.74) is 1.20. The molecule has 0 aliphatic rings. The van der Waals surface area contributed by atoms with Crippen molar-refractivity contribution in [3.05, 3.63) is 83.9 Å². The maximum Gasteiger partial charge on any atom is 0.242 e. The molecule has 35 heavy (non-hydrogen) atoms. The van der Waals surface area contributed by atoms with Gasteiger partial charge < -0.3 is 4.90 Å². The molecule has 180 valence electrons. The number of carbonyl (C=O) groups excluding carboxylic acids is 2. The van der Waals surface area contributed by atoms with E-state index in [0.29, 0.717) is 11.5 Å². The van der Waals surface area contributed by atoms with Gasteiger partial charge in [0.05, 0.1) is 17.9 Å². The van der Waals surface area contributed by atoms with Crippen LogP contribution in [0.1, 0.15) is 28.4 Å². The van der Waals surface area contributed by atoms with Crippen molar-refractivity contribution in [2.45, 2.75) is 24.8 Å². The zero-order valence-corrected chi connectivity index (χ0v) is 20.4. The van der Waals surface area contributed by atoms with Gasteiger partial charge in [-0.15, -0.1) is 0 Å². The molecule has 4 aromatic rings. The number of ketones is 1. The van der Waals surface area contributed by atoms with E-state index < -0.39 is 28.1 Å². The summed E-state index contributed by atoms with van der Waals surface area (Å²) in [6.07, 6.45) is -0.463. The molecule has 4 rings (SSSR count). The maximum atomic E-state index is 13.4. The number of hydrogen-bond donors (Lipinski definition) is 1. The van der Waals surface area contributed by atoms with Crippen molar-refractivity contribution in [3.8, 4) is 0 Å². The molecule has 1 heterocycles. The van der Waals surface area contributed by atoms with Crippen LogP contribution in [-0.4, -0.2) is 53.7 Å². The molecule has 0 unspecified atom stereocenters. The molecular weight excluding hydrogens is 466 g/mol. The Balaban J connectivity index is 1.71. The van der Waals surface area contributed by atoms with E-state index in [0.717, 1.165) is 20.6 Å². The standard InChI is InChI=1S/C25H25N5O4S/c1-17-26-25(28-27-17)23(31)15-24(32)30(16-18-11-12-19-7-4-5-8-20(19)13-18)21-9-6-10-22(14-21)35(33,34)29(2)3/h4-14H,15-16H2,1-3H3,(H,26,27,28). The SMILES string of the molecule is Cc1nc(C(=O)CC(=O)N(Cc2ccc3ccccc3c2)c2cccc(S(=O)(=O)N(C)C)c2)n[nH]1. The van der Waals surface area contributed by atoms with Crippen LogP contribution < -0.4 is 4.90 Å². The Morgan fingerprint density at radius 3 is 2.37 bits per heavy atom. The van der Waals surface area contributed by atoms with Crippen LogP contribution in [-0.2, 0) is 21.4 Å². The minimum Gasteiger partial charge on any atom is -0.308 e. The highest BCUT2D eigenvalue weighted by atomic mass is 32.2. The largest absolute Gasteiger partial charge is 0.308 e. The highest BCUT2D eigenvalue weighted by molar-refractivity contribution is 7.89. The van der Waals surface area contributed by atoms with Gasteiger partial charge in [0.2, 0.25) is 27.5 Å². The number of aromatic amines is 1. The molecule has 1 amide bonds. The van der Waals surface area contributed by atoms with E-state index in [4.69, 9.17) is 0 Å². The van der Waals surface area contributed by atoms with Crippen LogP contribution in [0.25, 0.3) is 10.8 Å². The molecule has 0 bridgehead atoms. The highest BCUT2D eigenvalue weighted by Gasteiger charge is 2.25. The van der Waals surface area contributed by atoms with Crippen molar-refractivity contribution in [2.75, 3.05) is 19.0 Å². The molecule has 0 saturated carbocycles. The monoisotopic (exact) mass is 491 g/mol. The molecule has 0 fully saturated rings. The third kappa shape index (κ3) is 5.28. The van der Waals surface area contributed by atoms with Gasteiger partial charge in [0.15, 0.2) is 0 Å². The molecule has 0 aliphatic heterocycles. The van der Waals surface area contributed by atoms with E-state index in [9.17, 15) is 18.0 Å². The number of rotatable bonds is 8. The number of hydrogen-bond acceptors (Lipinski definition) is 6. The van der Waals surface area contributed by atoms with Crippen molar-refractivity contribution in [3.63, 3.8) is 0 Å². The van der Waals surface area contributed by atoms with Gasteiger partial charge in [-0.2, -0.15) is 5.10 Å². The van der Waals surface area contributed by atoms with Gasteiger partial charge in [0.1, 0.15) is 5.82 Å². The molecule has 0 spiro atoms. The van der Waals surface area contributed by atoms with Crippen molar-refractivity contribution in [1.29, 1.82) is 0 Å². The van der Waals surface area contributed by atoms with Crippen molar-refractivity contribution in [1.82, 2.24) is 19.5 Å². The number of H-pyrrole nitrogens is 1. The molecule has 1 aromatic heterocycles. The first-order valence-corrected chi connectivity index (χ1v) is 12.3. The lowest BCUT2D eigenvalue weighted by atomic mass is 10.1. The summed E-state index contributed by atoms with van der Waals surface area (Å²) in [7, 11) is -0.835. The van der Waals surface area contributed by atoms with Crippen LogP contribution in [0, 0.1) is 6.92 Å². The number of benzene rings is 3. The number of carbonyl (C=O) groups is 2. The second kappa shape index (κ2) is 9.77. The Bertz CT molecular complexity index is 1510. The lowest BCUT2D eigenvalue weighted by Crippen LogP contribution is -2.32. The van der Waals surface area contributed by atoms with Crippen molar-refractivity contribution in [2.24, 2.45) is 0 Å². The number of Topliss-reactive ketones (excluding diaryl/α,β-unsaturated/α-hetero) is 1. The zero-order chi connectivity index (χ0) is 25.2. The number of sulfonamides is 1. The number of fused-ring (bicyclic) bond motifs is 1. The first-order chi connectivity index (χ1) is 16.6. The minimum atomic E-state index is -3.72. The third-order valence-electron chi connectivity index (χ3n) is 5.52. The summed E-state index contributed by atoms with van der Waals surface area (Å²) in [5, 5.41) is 8.51. The normalized spacial score (nSPS) is 11.7. The van der Waals surface area contributed by atoms with Crippen LogP contribution in [0.2, 0.25) is 0 Å². The van der Waals surface area contributed by atoms with Crippen LogP contribution in [0.5, 0.6) is 0 Å². The second-order valence-corrected chi connectivity index (χ2v) is 10.4. The maximum absolute atomic E-state index is 13.4. The lowest BCUT2D eigenvalue weighted by molar-refractivity contribution is -0.117. The molecule has 0 saturated heterocycles. The van der Waals surface area contributed by atoms with E-state index in [-0.39, 0.29) is 17.3 Å². The quantitative estimate of drug-likeness (QED) is 0.299. The molecule has 9 nitrogen and oxygen atoms in total. The van der Waals surface area contributed by atoms with Crippen molar-refractivity contribution < 1.29 is 18.0 Å². The van der Waals surface area contributed by atoms with E-state index >= 15 is 0 Å². The van der Waals surface area contributed by atoms with Gasteiger partial charge in [-0.3, -0.25) is 14.7 Å². The second-order valence-electron chi connectivity index (χ2n) is 8.29. The van der Waals surface area contributed by atoms with Crippen LogP contribution in [0.3, 0.4) is 0 Å². The topological polar surface area (TPSA) is 116 Å². The lowest BCUT2D eigenvalue weighted by Gasteiger charge is -2.24. The summed E-state index contributed by atoms with van der Waals surface area (Å²) in [4.78, 5) is 31.5. The number of anilines is 1. The van der Waals surface area contributed by atoms with Gasteiger partial charge in [-0.25, -0.2) is 17.7 Å². The summed E-state index contributed by atoms with van der Waals surface area (Å²) >= 11 is 0. The average molecular weight is 492 g/mol. The van der Waals surface area contributed by atoms with Gasteiger partial charge in [-0.1, -0.05) is 42.5 Å². The highest BCUT2D eigenvalue weighted by Crippen LogP contribution is 2.25. The van der Waals surface area contributed by atoms with Gasteiger partial charge in [0, 0.05) is 19.8 Å². The smallest absolute Gasteiger partial charge is 0.242 e. The Hall–Kier alpha value is -3.89. The summed E-state index contributed by atoms with van der Waals surface area (Å²) < 4.78 is 26.5. The average Bonchev–Trinajstić information content (AvgIpc) is 3.28. The Kier molecular flexibility index (Phi) is 6.77. The third-order valence-corrected chi connectivity index (χ3v) is 7.33. The molecule has 0 atom stereocenters. The van der Waals surface area contributed by atoms with E-state index in [1.165, 1.54) is 31.1 Å². The fourth-order valence-corrected chi connectivity index (χ4v) is 4.59.